The number of nitrogens with zero attached hydrogens (tertiary/aromatic N) is 2. The lowest BCUT2D eigenvalue weighted by Gasteiger charge is -2.14. The number of hydrogen-bond acceptors (Lipinski definition) is 4. The number of aromatic nitrogens is 2. The van der Waals surface area contributed by atoms with Gasteiger partial charge in [0.25, 0.3) is 5.56 Å². The van der Waals surface area contributed by atoms with Gasteiger partial charge >= 0.3 is 11.7 Å². The molecule has 0 unspecified atom stereocenters. The Balaban J connectivity index is 2.74. The predicted molar refractivity (Wildman–Crippen MR) is 87.1 cm³/mol. The Labute approximate surface area is 138 Å². The number of ether oxygens (including phenoxy) is 1. The lowest BCUT2D eigenvalue weighted by atomic mass is 10.2. The molecule has 0 saturated heterocycles. The lowest BCUT2D eigenvalue weighted by molar-refractivity contribution is 0.0522. The lowest BCUT2D eigenvalue weighted by Crippen LogP contribution is -2.42. The van der Waals surface area contributed by atoms with E-state index in [0.29, 0.717) is 6.54 Å². The molecule has 7 heteroatoms. The van der Waals surface area contributed by atoms with E-state index in [2.05, 4.69) is 0 Å². The minimum absolute atomic E-state index is 0.109. The third-order valence-electron chi connectivity index (χ3n) is 3.30. The van der Waals surface area contributed by atoms with Crippen molar-refractivity contribution in [2.45, 2.75) is 27.3 Å². The van der Waals surface area contributed by atoms with Crippen molar-refractivity contribution in [3.05, 3.63) is 62.7 Å². The molecule has 0 N–H and O–H groups in total. The molecular weight excluding hydrogens is 315 g/mol. The second kappa shape index (κ2) is 7.25. The first-order chi connectivity index (χ1) is 11.3. The van der Waals surface area contributed by atoms with Gasteiger partial charge < -0.3 is 4.74 Å². The summed E-state index contributed by atoms with van der Waals surface area (Å²) in [5, 5.41) is 0. The van der Waals surface area contributed by atoms with E-state index in [1.807, 2.05) is 13.8 Å². The van der Waals surface area contributed by atoms with Crippen LogP contribution in [0.25, 0.3) is 5.69 Å². The van der Waals surface area contributed by atoms with Crippen LogP contribution in [-0.2, 0) is 11.3 Å². The summed E-state index contributed by atoms with van der Waals surface area (Å²) in [6.07, 6.45) is 1.22. The molecule has 24 heavy (non-hydrogen) atoms. The highest BCUT2D eigenvalue weighted by atomic mass is 19.1. The van der Waals surface area contributed by atoms with E-state index in [0.717, 1.165) is 16.7 Å². The van der Waals surface area contributed by atoms with Crippen molar-refractivity contribution in [3.8, 4) is 5.69 Å². The number of carbonyl (C=O) groups excluding carboxylic acids is 1. The van der Waals surface area contributed by atoms with Crippen LogP contribution in [0.1, 0.15) is 31.1 Å². The monoisotopic (exact) mass is 334 g/mol. The van der Waals surface area contributed by atoms with Crippen LogP contribution in [0.3, 0.4) is 0 Å². The maximum Gasteiger partial charge on any atom is 0.345 e. The fourth-order valence-electron chi connectivity index (χ4n) is 2.29. The van der Waals surface area contributed by atoms with Gasteiger partial charge in [-0.05, 0) is 37.1 Å². The van der Waals surface area contributed by atoms with Crippen LogP contribution in [0.4, 0.5) is 4.39 Å². The molecule has 0 aliphatic heterocycles. The number of esters is 1. The van der Waals surface area contributed by atoms with Crippen molar-refractivity contribution in [3.63, 3.8) is 0 Å². The molecule has 1 aromatic carbocycles. The maximum atomic E-state index is 13.1. The van der Waals surface area contributed by atoms with Crippen LogP contribution in [0.2, 0.25) is 0 Å². The minimum Gasteiger partial charge on any atom is -0.462 e. The molecule has 6 nitrogen and oxygen atoms in total. The summed E-state index contributed by atoms with van der Waals surface area (Å²) in [5.41, 5.74) is -1.42. The molecule has 2 rings (SSSR count). The molecular formula is C17H19FN2O4. The van der Waals surface area contributed by atoms with Gasteiger partial charge in [0, 0.05) is 12.7 Å². The van der Waals surface area contributed by atoms with E-state index < -0.39 is 23.0 Å². The fraction of sp³-hybridized carbons (Fsp3) is 0.353. The number of benzene rings is 1. The van der Waals surface area contributed by atoms with Gasteiger partial charge in [0.15, 0.2) is 0 Å². The zero-order chi connectivity index (χ0) is 17.9. The Morgan fingerprint density at radius 1 is 1.21 bits per heavy atom. The first kappa shape index (κ1) is 17.7. The molecule has 0 aliphatic carbocycles. The highest BCUT2D eigenvalue weighted by Gasteiger charge is 2.19. The van der Waals surface area contributed by atoms with Crippen LogP contribution in [-0.4, -0.2) is 21.7 Å². The molecule has 0 aliphatic rings. The molecule has 0 radical (unpaired) electrons. The molecule has 0 fully saturated rings. The van der Waals surface area contributed by atoms with E-state index in [-0.39, 0.29) is 23.8 Å². The Hall–Kier alpha value is -2.70. The minimum atomic E-state index is -0.795. The highest BCUT2D eigenvalue weighted by Crippen LogP contribution is 2.07. The molecule has 0 saturated carbocycles. The van der Waals surface area contributed by atoms with Gasteiger partial charge in [0.05, 0.1) is 12.3 Å². The standard InChI is InChI=1S/C17H19FN2O4/c1-4-24-16(22)14-10-19(9-11(2)3)17(23)20(15(14)21)13-7-5-12(18)6-8-13/h5-8,10-11H,4,9H2,1-3H3. The predicted octanol–water partition coefficient (Wildman–Crippen LogP) is 1.97. The van der Waals surface area contributed by atoms with Crippen molar-refractivity contribution >= 4 is 5.97 Å². The zero-order valence-electron chi connectivity index (χ0n) is 13.8. The molecule has 1 heterocycles. The quantitative estimate of drug-likeness (QED) is 0.784. The Morgan fingerprint density at radius 3 is 2.38 bits per heavy atom. The van der Waals surface area contributed by atoms with Gasteiger partial charge in [0.2, 0.25) is 0 Å². The summed E-state index contributed by atoms with van der Waals surface area (Å²) in [6, 6.07) is 4.91. The van der Waals surface area contributed by atoms with Crippen molar-refractivity contribution in [1.82, 2.24) is 9.13 Å². The zero-order valence-corrected chi connectivity index (χ0v) is 13.8. The SMILES string of the molecule is CCOC(=O)c1cn(CC(C)C)c(=O)n(-c2ccc(F)cc2)c1=O. The third-order valence-corrected chi connectivity index (χ3v) is 3.30. The van der Waals surface area contributed by atoms with E-state index in [1.54, 1.807) is 6.92 Å². The molecule has 0 bridgehead atoms. The number of hydrogen-bond donors (Lipinski definition) is 0. The summed E-state index contributed by atoms with van der Waals surface area (Å²) < 4.78 is 20.2. The van der Waals surface area contributed by atoms with Crippen LogP contribution in [0.15, 0.2) is 40.1 Å². The average Bonchev–Trinajstić information content (AvgIpc) is 2.51. The molecule has 0 amide bonds. The Kier molecular flexibility index (Phi) is 5.33. The normalized spacial score (nSPS) is 10.9. The van der Waals surface area contributed by atoms with E-state index >= 15 is 0 Å². The van der Waals surface area contributed by atoms with Gasteiger partial charge in [-0.1, -0.05) is 13.8 Å². The first-order valence-electron chi connectivity index (χ1n) is 7.64. The molecule has 0 spiro atoms. The maximum absolute atomic E-state index is 13.1. The van der Waals surface area contributed by atoms with Crippen molar-refractivity contribution in [1.29, 1.82) is 0 Å². The Morgan fingerprint density at radius 2 is 1.83 bits per heavy atom. The summed E-state index contributed by atoms with van der Waals surface area (Å²) >= 11 is 0. The summed E-state index contributed by atoms with van der Waals surface area (Å²) in [6.45, 7) is 5.87. The third kappa shape index (κ3) is 3.61. The van der Waals surface area contributed by atoms with E-state index in [4.69, 9.17) is 4.74 Å². The number of carbonyl (C=O) groups is 1. The highest BCUT2D eigenvalue weighted by molar-refractivity contribution is 5.88. The first-order valence-corrected chi connectivity index (χ1v) is 7.64. The van der Waals surface area contributed by atoms with Crippen molar-refractivity contribution in [2.75, 3.05) is 6.61 Å². The molecule has 1 aromatic heterocycles. The van der Waals surface area contributed by atoms with Gasteiger partial charge in [-0.3, -0.25) is 9.36 Å². The van der Waals surface area contributed by atoms with Gasteiger partial charge in [-0.2, -0.15) is 0 Å². The Bertz CT molecular complexity index is 850. The summed E-state index contributed by atoms with van der Waals surface area (Å²) in [5.74, 6) is -1.16. The van der Waals surface area contributed by atoms with E-state index in [1.165, 1.54) is 22.9 Å². The van der Waals surface area contributed by atoms with Crippen LogP contribution in [0, 0.1) is 11.7 Å². The summed E-state index contributed by atoms with van der Waals surface area (Å²) in [4.78, 5) is 37.2. The number of halogens is 1. The smallest absolute Gasteiger partial charge is 0.345 e. The van der Waals surface area contributed by atoms with Gasteiger partial charge in [-0.15, -0.1) is 0 Å². The second-order valence-electron chi connectivity index (χ2n) is 5.71. The average molecular weight is 334 g/mol. The largest absolute Gasteiger partial charge is 0.462 e. The van der Waals surface area contributed by atoms with Crippen molar-refractivity contribution < 1.29 is 13.9 Å². The molecule has 128 valence electrons. The fourth-order valence-corrected chi connectivity index (χ4v) is 2.29. The molecule has 0 atom stereocenters. The van der Waals surface area contributed by atoms with Crippen LogP contribution < -0.4 is 11.2 Å². The number of rotatable bonds is 5. The van der Waals surface area contributed by atoms with Gasteiger partial charge in [-0.25, -0.2) is 18.5 Å². The summed E-state index contributed by atoms with van der Waals surface area (Å²) in [7, 11) is 0. The molecule has 2 aromatic rings. The van der Waals surface area contributed by atoms with E-state index in [9.17, 15) is 18.8 Å². The topological polar surface area (TPSA) is 70.3 Å². The second-order valence-corrected chi connectivity index (χ2v) is 5.71. The van der Waals surface area contributed by atoms with Crippen molar-refractivity contribution in [2.24, 2.45) is 5.92 Å². The van der Waals surface area contributed by atoms with Crippen LogP contribution >= 0.6 is 0 Å². The van der Waals surface area contributed by atoms with Crippen LogP contribution in [0.5, 0.6) is 0 Å². The van der Waals surface area contributed by atoms with Gasteiger partial charge in [0.1, 0.15) is 11.4 Å².